The van der Waals surface area contributed by atoms with Gasteiger partial charge in [0.1, 0.15) is 19.0 Å². The first-order valence-electron chi connectivity index (χ1n) is 11.4. The van der Waals surface area contributed by atoms with Crippen LogP contribution in [0.4, 0.5) is 0 Å². The largest absolute Gasteiger partial charge is 0.391 e. The van der Waals surface area contributed by atoms with E-state index in [9.17, 15) is 14.7 Å². The number of ether oxygens (including phenoxy) is 1. The molecule has 1 aromatic heterocycles. The highest BCUT2D eigenvalue weighted by atomic mass is 16.5. The molecule has 4 rings (SSSR count). The molecule has 174 valence electrons. The molecule has 9 nitrogen and oxygen atoms in total. The van der Waals surface area contributed by atoms with Gasteiger partial charge in [0.2, 0.25) is 11.8 Å². The van der Waals surface area contributed by atoms with Gasteiger partial charge in [-0.2, -0.15) is 0 Å². The van der Waals surface area contributed by atoms with Crippen LogP contribution >= 0.6 is 0 Å². The minimum Gasteiger partial charge on any atom is -0.391 e. The summed E-state index contributed by atoms with van der Waals surface area (Å²) >= 11 is 0. The Labute approximate surface area is 188 Å². The van der Waals surface area contributed by atoms with Crippen LogP contribution in [-0.4, -0.2) is 99.6 Å². The molecule has 2 N–H and O–H groups in total. The molecule has 3 heterocycles. The molecule has 1 aromatic carbocycles. The maximum Gasteiger partial charge on any atom is 0.248 e. The molecule has 2 aromatic rings. The summed E-state index contributed by atoms with van der Waals surface area (Å²) in [6, 6.07) is 6.04. The molecule has 0 unspecified atom stereocenters. The lowest BCUT2D eigenvalue weighted by Gasteiger charge is -2.40. The molecule has 9 heteroatoms. The van der Waals surface area contributed by atoms with Crippen molar-refractivity contribution < 1.29 is 19.4 Å². The van der Waals surface area contributed by atoms with Crippen LogP contribution in [0.3, 0.4) is 0 Å². The number of aromatic nitrogens is 2. The van der Waals surface area contributed by atoms with Crippen LogP contribution in [-0.2, 0) is 20.9 Å². The molecule has 0 radical (unpaired) electrons. The monoisotopic (exact) mass is 443 g/mol. The highest BCUT2D eigenvalue weighted by Crippen LogP contribution is 2.20. The number of carbonyl (C=O) groups excluding carboxylic acids is 2. The first-order valence-corrected chi connectivity index (χ1v) is 11.4. The number of nitrogens with zero attached hydrogens (tertiary/aromatic N) is 4. The number of H-pyrrole nitrogens is 1. The number of nitrogens with one attached hydrogen (secondary N) is 1. The van der Waals surface area contributed by atoms with Gasteiger partial charge in [0, 0.05) is 52.2 Å². The van der Waals surface area contributed by atoms with Crippen molar-refractivity contribution >= 4 is 22.8 Å². The summed E-state index contributed by atoms with van der Waals surface area (Å²) in [5, 5.41) is 10.7. The first-order chi connectivity index (χ1) is 15.4. The maximum absolute atomic E-state index is 12.7. The summed E-state index contributed by atoms with van der Waals surface area (Å²) in [4.78, 5) is 37.9. The van der Waals surface area contributed by atoms with Gasteiger partial charge in [0.05, 0.1) is 17.1 Å². The Kier molecular flexibility index (Phi) is 7.07. The highest BCUT2D eigenvalue weighted by Gasteiger charge is 2.33. The van der Waals surface area contributed by atoms with Crippen molar-refractivity contribution in [3.05, 3.63) is 29.6 Å². The third kappa shape index (κ3) is 5.28. The number of likely N-dealkylation sites (tertiary alicyclic amines) is 1. The summed E-state index contributed by atoms with van der Waals surface area (Å²) in [6.45, 7) is 7.89. The van der Waals surface area contributed by atoms with Gasteiger partial charge >= 0.3 is 0 Å². The normalized spacial score (nSPS) is 22.8. The van der Waals surface area contributed by atoms with E-state index in [0.29, 0.717) is 38.4 Å². The topological polar surface area (TPSA) is 102 Å². The smallest absolute Gasteiger partial charge is 0.248 e. The molecule has 2 fully saturated rings. The Hall–Kier alpha value is -2.49. The summed E-state index contributed by atoms with van der Waals surface area (Å²) in [5.41, 5.74) is 3.01. The fourth-order valence-electron chi connectivity index (χ4n) is 4.69. The number of fused-ring (bicyclic) bond motifs is 1. The van der Waals surface area contributed by atoms with Gasteiger partial charge in [0.15, 0.2) is 0 Å². The first kappa shape index (κ1) is 22.7. The minimum absolute atomic E-state index is 0.00583. The van der Waals surface area contributed by atoms with Gasteiger partial charge in [-0.25, -0.2) is 4.98 Å². The Balaban J connectivity index is 1.25. The van der Waals surface area contributed by atoms with Crippen molar-refractivity contribution in [3.63, 3.8) is 0 Å². The molecular weight excluding hydrogens is 410 g/mol. The van der Waals surface area contributed by atoms with Gasteiger partial charge in [-0.3, -0.25) is 14.5 Å². The molecule has 0 bridgehead atoms. The molecule has 2 amide bonds. The zero-order valence-electron chi connectivity index (χ0n) is 18.9. The lowest BCUT2D eigenvalue weighted by Crippen LogP contribution is -2.54. The van der Waals surface area contributed by atoms with Crippen molar-refractivity contribution in [1.82, 2.24) is 24.7 Å². The van der Waals surface area contributed by atoms with Crippen molar-refractivity contribution in [1.29, 1.82) is 0 Å². The SMILES string of the molecule is CC(=O)N1CCN([C@H]2CCN(C(=O)COCc3nc4ccc(C)cc4[nH]3)CC[C@@H]2O)CC1. The predicted molar refractivity (Wildman–Crippen MR) is 120 cm³/mol. The number of aliphatic hydroxyl groups excluding tert-OH is 1. The molecule has 0 aliphatic carbocycles. The van der Waals surface area contributed by atoms with E-state index in [-0.39, 0.29) is 31.1 Å². The lowest BCUT2D eigenvalue weighted by atomic mass is 10.0. The van der Waals surface area contributed by atoms with E-state index in [1.165, 1.54) is 0 Å². The molecule has 2 aliphatic heterocycles. The van der Waals surface area contributed by atoms with Gasteiger partial charge in [-0.05, 0) is 37.5 Å². The molecule has 0 spiro atoms. The average molecular weight is 444 g/mol. The van der Waals surface area contributed by atoms with Crippen LogP contribution in [0.2, 0.25) is 0 Å². The predicted octanol–water partition coefficient (Wildman–Crippen LogP) is 0.904. The third-order valence-electron chi connectivity index (χ3n) is 6.57. The van der Waals surface area contributed by atoms with Crippen LogP contribution in [0.5, 0.6) is 0 Å². The number of benzene rings is 1. The van der Waals surface area contributed by atoms with E-state index in [2.05, 4.69) is 14.9 Å². The number of carbonyl (C=O) groups is 2. The second-order valence-corrected chi connectivity index (χ2v) is 8.83. The Morgan fingerprint density at radius 3 is 2.62 bits per heavy atom. The number of aliphatic hydroxyl groups is 1. The van der Waals surface area contributed by atoms with Gasteiger partial charge in [-0.15, -0.1) is 0 Å². The van der Waals surface area contributed by atoms with E-state index < -0.39 is 6.10 Å². The molecule has 0 saturated carbocycles. The number of aromatic amines is 1. The van der Waals surface area contributed by atoms with Gasteiger partial charge in [-0.1, -0.05) is 6.07 Å². The third-order valence-corrected chi connectivity index (χ3v) is 6.57. The molecular formula is C23H33N5O4. The molecule has 2 saturated heterocycles. The fraction of sp³-hybridized carbons (Fsp3) is 0.609. The van der Waals surface area contributed by atoms with E-state index >= 15 is 0 Å². The zero-order chi connectivity index (χ0) is 22.7. The maximum atomic E-state index is 12.7. The standard InChI is InChI=1S/C23H33N5O4/c1-16-3-4-18-19(13-16)25-22(24-18)14-32-15-23(31)28-7-5-20(21(30)6-8-28)27-11-9-26(10-12-27)17(2)29/h3-4,13,20-21,30H,5-12,14-15H2,1-2H3,(H,24,25)/t20-,21-/m0/s1. The summed E-state index contributed by atoms with van der Waals surface area (Å²) < 4.78 is 5.64. The van der Waals surface area contributed by atoms with E-state index in [1.54, 1.807) is 11.8 Å². The Bertz CT molecular complexity index is 953. The number of piperazine rings is 1. The Morgan fingerprint density at radius 1 is 1.12 bits per heavy atom. The lowest BCUT2D eigenvalue weighted by molar-refractivity contribution is -0.136. The highest BCUT2D eigenvalue weighted by molar-refractivity contribution is 5.77. The van der Waals surface area contributed by atoms with Crippen molar-refractivity contribution in [2.45, 2.75) is 45.4 Å². The van der Waals surface area contributed by atoms with Crippen LogP contribution in [0.25, 0.3) is 11.0 Å². The quantitative estimate of drug-likeness (QED) is 0.712. The summed E-state index contributed by atoms with van der Waals surface area (Å²) in [5.74, 6) is 0.737. The summed E-state index contributed by atoms with van der Waals surface area (Å²) in [7, 11) is 0. The van der Waals surface area contributed by atoms with Gasteiger partial charge < -0.3 is 24.6 Å². The number of hydrogen-bond acceptors (Lipinski definition) is 6. The second-order valence-electron chi connectivity index (χ2n) is 8.83. The van der Waals surface area contributed by atoms with Gasteiger partial charge in [0.25, 0.3) is 0 Å². The summed E-state index contributed by atoms with van der Waals surface area (Å²) in [6.07, 6.45) is 0.791. The average Bonchev–Trinajstić information content (AvgIpc) is 3.06. The number of hydrogen-bond donors (Lipinski definition) is 2. The van der Waals surface area contributed by atoms with Crippen molar-refractivity contribution in [3.8, 4) is 0 Å². The number of aryl methyl sites for hydroxylation is 1. The number of amides is 2. The second kappa shape index (κ2) is 9.97. The number of imidazole rings is 1. The molecule has 32 heavy (non-hydrogen) atoms. The Morgan fingerprint density at radius 2 is 1.88 bits per heavy atom. The van der Waals surface area contributed by atoms with Crippen LogP contribution < -0.4 is 0 Å². The van der Waals surface area contributed by atoms with Crippen LogP contribution in [0, 0.1) is 6.92 Å². The van der Waals surface area contributed by atoms with E-state index in [4.69, 9.17) is 4.74 Å². The number of rotatable bonds is 5. The van der Waals surface area contributed by atoms with Crippen LogP contribution in [0.1, 0.15) is 31.2 Å². The van der Waals surface area contributed by atoms with E-state index in [1.807, 2.05) is 30.0 Å². The fourth-order valence-corrected chi connectivity index (χ4v) is 4.69. The van der Waals surface area contributed by atoms with Crippen molar-refractivity contribution in [2.24, 2.45) is 0 Å². The molecule has 2 atom stereocenters. The minimum atomic E-state index is -0.475. The van der Waals surface area contributed by atoms with E-state index in [0.717, 1.165) is 36.1 Å². The van der Waals surface area contributed by atoms with Crippen molar-refractivity contribution in [2.75, 3.05) is 45.9 Å². The zero-order valence-corrected chi connectivity index (χ0v) is 18.9. The van der Waals surface area contributed by atoms with Crippen LogP contribution in [0.15, 0.2) is 18.2 Å². The molecule has 2 aliphatic rings.